The molecule has 19 heavy (non-hydrogen) atoms. The Balaban J connectivity index is 2.18. The molecule has 0 radical (unpaired) electrons. The van der Waals surface area contributed by atoms with Crippen LogP contribution in [0, 0.1) is 0 Å². The van der Waals surface area contributed by atoms with E-state index < -0.39 is 0 Å². The Bertz CT molecular complexity index is 735. The number of rotatable bonds is 2. The maximum absolute atomic E-state index is 5.86. The number of nitrogens with zero attached hydrogens (tertiary/aromatic N) is 4. The Kier molecular flexibility index (Phi) is 2.69. The summed E-state index contributed by atoms with van der Waals surface area (Å²) in [7, 11) is 0. The van der Waals surface area contributed by atoms with E-state index >= 15 is 0 Å². The van der Waals surface area contributed by atoms with Crippen molar-refractivity contribution in [3.8, 4) is 11.3 Å². The number of hydrazine groups is 1. The smallest absolute Gasteiger partial charge is 0.243 e. The van der Waals surface area contributed by atoms with Crippen molar-refractivity contribution in [1.82, 2.24) is 19.6 Å². The number of anilines is 2. The molecule has 0 saturated carbocycles. The minimum Gasteiger partial charge on any atom is -0.368 e. The van der Waals surface area contributed by atoms with Crippen molar-refractivity contribution >= 4 is 29.1 Å². The van der Waals surface area contributed by atoms with Crippen LogP contribution in [-0.2, 0) is 0 Å². The van der Waals surface area contributed by atoms with E-state index in [4.69, 9.17) is 23.2 Å². The van der Waals surface area contributed by atoms with Gasteiger partial charge in [-0.15, -0.1) is 0 Å². The normalized spacial score (nSPS) is 10.8. The fourth-order valence-corrected chi connectivity index (χ4v) is 1.89. The molecule has 0 amide bonds. The maximum Gasteiger partial charge on any atom is 0.243 e. The van der Waals surface area contributed by atoms with Crippen molar-refractivity contribution in [3.63, 3.8) is 0 Å². The van der Waals surface area contributed by atoms with Gasteiger partial charge in [0.2, 0.25) is 11.9 Å². The molecule has 0 unspecified atom stereocenters. The first kappa shape index (κ1) is 11.7. The minimum absolute atomic E-state index is 0.128. The molecule has 0 atom stereocenters. The second-order valence-electron chi connectivity index (χ2n) is 3.86. The van der Waals surface area contributed by atoms with Gasteiger partial charge in [0, 0.05) is 16.7 Å². The fourth-order valence-electron chi connectivity index (χ4n) is 1.76. The molecular weight excluding hydrogens is 266 g/mol. The van der Waals surface area contributed by atoms with Crippen molar-refractivity contribution in [3.05, 3.63) is 35.4 Å². The molecule has 0 fully saturated rings. The summed E-state index contributed by atoms with van der Waals surface area (Å²) in [6, 6.07) is 9.13. The van der Waals surface area contributed by atoms with Gasteiger partial charge >= 0.3 is 0 Å². The van der Waals surface area contributed by atoms with Crippen LogP contribution in [0.3, 0.4) is 0 Å². The zero-order valence-electron chi connectivity index (χ0n) is 9.71. The zero-order valence-corrected chi connectivity index (χ0v) is 10.5. The van der Waals surface area contributed by atoms with E-state index in [1.54, 1.807) is 18.2 Å². The van der Waals surface area contributed by atoms with Crippen LogP contribution in [0.1, 0.15) is 0 Å². The number of benzene rings is 1. The van der Waals surface area contributed by atoms with Crippen LogP contribution in [0.15, 0.2) is 30.3 Å². The Morgan fingerprint density at radius 3 is 2.58 bits per heavy atom. The molecule has 1 aromatic carbocycles. The Morgan fingerprint density at radius 2 is 1.89 bits per heavy atom. The van der Waals surface area contributed by atoms with Gasteiger partial charge in [-0.2, -0.15) is 19.6 Å². The first-order valence-electron chi connectivity index (χ1n) is 5.43. The summed E-state index contributed by atoms with van der Waals surface area (Å²) < 4.78 is 1.49. The Hall–Kier alpha value is -2.38. The molecule has 8 heteroatoms. The highest BCUT2D eigenvalue weighted by atomic mass is 35.5. The van der Waals surface area contributed by atoms with E-state index in [9.17, 15) is 0 Å². The first-order chi connectivity index (χ1) is 9.17. The number of nitrogens with one attached hydrogen (secondary N) is 1. The van der Waals surface area contributed by atoms with Crippen LogP contribution in [0.2, 0.25) is 5.02 Å². The van der Waals surface area contributed by atoms with Crippen LogP contribution in [0.5, 0.6) is 0 Å². The largest absolute Gasteiger partial charge is 0.368 e. The molecule has 96 valence electrons. The molecule has 2 aromatic heterocycles. The lowest BCUT2D eigenvalue weighted by atomic mass is 10.2. The van der Waals surface area contributed by atoms with Crippen molar-refractivity contribution in [1.29, 1.82) is 0 Å². The lowest BCUT2D eigenvalue weighted by Gasteiger charge is -2.02. The van der Waals surface area contributed by atoms with E-state index in [0.717, 1.165) is 11.3 Å². The van der Waals surface area contributed by atoms with Crippen LogP contribution in [-0.4, -0.2) is 19.6 Å². The predicted molar refractivity (Wildman–Crippen MR) is 73.5 cm³/mol. The van der Waals surface area contributed by atoms with Crippen LogP contribution >= 0.6 is 11.6 Å². The standard InChI is InChI=1S/C11H10ClN7/c12-7-3-1-6(2-4-7)8-5-9-15-10(13)16-11(17-14)19(9)18-8/h1-5H,14H2,(H3,13,15,16,17). The van der Waals surface area contributed by atoms with Crippen LogP contribution < -0.4 is 17.0 Å². The van der Waals surface area contributed by atoms with Gasteiger partial charge in [0.25, 0.3) is 0 Å². The highest BCUT2D eigenvalue weighted by Gasteiger charge is 2.10. The highest BCUT2D eigenvalue weighted by molar-refractivity contribution is 6.30. The van der Waals surface area contributed by atoms with E-state index in [0.29, 0.717) is 16.6 Å². The van der Waals surface area contributed by atoms with Crippen molar-refractivity contribution in [2.45, 2.75) is 0 Å². The average molecular weight is 276 g/mol. The number of fused-ring (bicyclic) bond motifs is 1. The lowest BCUT2D eigenvalue weighted by molar-refractivity contribution is 0.899. The number of halogens is 1. The van der Waals surface area contributed by atoms with Gasteiger partial charge in [-0.05, 0) is 12.1 Å². The van der Waals surface area contributed by atoms with Gasteiger partial charge in [-0.1, -0.05) is 23.7 Å². The number of hydrogen-bond donors (Lipinski definition) is 3. The zero-order chi connectivity index (χ0) is 13.4. The number of nitrogen functional groups attached to an aromatic ring is 2. The van der Waals surface area contributed by atoms with E-state index in [-0.39, 0.29) is 5.95 Å². The molecular formula is C11H10ClN7. The molecule has 0 aliphatic carbocycles. The number of hydrogen-bond acceptors (Lipinski definition) is 6. The Labute approximate surface area is 113 Å². The summed E-state index contributed by atoms with van der Waals surface area (Å²) >= 11 is 5.86. The predicted octanol–water partition coefficient (Wildman–Crippen LogP) is 1.31. The van der Waals surface area contributed by atoms with Gasteiger partial charge in [0.1, 0.15) is 0 Å². The summed E-state index contributed by atoms with van der Waals surface area (Å²) in [5, 5.41) is 5.04. The molecule has 0 aliphatic rings. The van der Waals surface area contributed by atoms with Gasteiger partial charge in [0.05, 0.1) is 5.69 Å². The van der Waals surface area contributed by atoms with Gasteiger partial charge in [-0.3, -0.25) is 5.43 Å². The monoisotopic (exact) mass is 275 g/mol. The van der Waals surface area contributed by atoms with Crippen molar-refractivity contribution < 1.29 is 0 Å². The number of aromatic nitrogens is 4. The van der Waals surface area contributed by atoms with Gasteiger partial charge in [-0.25, -0.2) is 5.84 Å². The van der Waals surface area contributed by atoms with E-state index in [1.807, 2.05) is 12.1 Å². The minimum atomic E-state index is 0.128. The second-order valence-corrected chi connectivity index (χ2v) is 4.29. The van der Waals surface area contributed by atoms with Crippen molar-refractivity contribution in [2.75, 3.05) is 11.2 Å². The second kappa shape index (κ2) is 4.38. The average Bonchev–Trinajstić information content (AvgIpc) is 2.82. The quantitative estimate of drug-likeness (QED) is 0.481. The summed E-state index contributed by atoms with van der Waals surface area (Å²) in [6.07, 6.45) is 0. The molecule has 0 spiro atoms. The van der Waals surface area contributed by atoms with Gasteiger partial charge < -0.3 is 5.73 Å². The van der Waals surface area contributed by atoms with E-state index in [2.05, 4.69) is 20.5 Å². The SMILES string of the molecule is NNc1nc(N)nc2cc(-c3ccc(Cl)cc3)nn12. The maximum atomic E-state index is 5.86. The third kappa shape index (κ3) is 2.05. The molecule has 5 N–H and O–H groups in total. The third-order valence-corrected chi connectivity index (χ3v) is 2.86. The molecule has 7 nitrogen and oxygen atoms in total. The third-order valence-electron chi connectivity index (χ3n) is 2.61. The molecule has 2 heterocycles. The summed E-state index contributed by atoms with van der Waals surface area (Å²) in [4.78, 5) is 8.04. The molecule has 0 bridgehead atoms. The van der Waals surface area contributed by atoms with E-state index in [1.165, 1.54) is 4.52 Å². The highest BCUT2D eigenvalue weighted by Crippen LogP contribution is 2.22. The van der Waals surface area contributed by atoms with Crippen LogP contribution in [0.4, 0.5) is 11.9 Å². The molecule has 0 saturated heterocycles. The number of nitrogens with two attached hydrogens (primary N) is 2. The lowest BCUT2D eigenvalue weighted by Crippen LogP contribution is -2.15. The molecule has 3 rings (SSSR count). The van der Waals surface area contributed by atoms with Crippen molar-refractivity contribution in [2.24, 2.45) is 5.84 Å². The Morgan fingerprint density at radius 1 is 1.16 bits per heavy atom. The molecule has 3 aromatic rings. The topological polar surface area (TPSA) is 107 Å². The summed E-state index contributed by atoms with van der Waals surface area (Å²) in [6.45, 7) is 0. The summed E-state index contributed by atoms with van der Waals surface area (Å²) in [5.41, 5.74) is 10.2. The summed E-state index contributed by atoms with van der Waals surface area (Å²) in [5.74, 6) is 5.83. The fraction of sp³-hybridized carbons (Fsp3) is 0. The van der Waals surface area contributed by atoms with Gasteiger partial charge in [0.15, 0.2) is 5.65 Å². The molecule has 0 aliphatic heterocycles. The van der Waals surface area contributed by atoms with Crippen LogP contribution in [0.25, 0.3) is 16.9 Å². The first-order valence-corrected chi connectivity index (χ1v) is 5.81.